The fourth-order valence-corrected chi connectivity index (χ4v) is 3.35. The molecule has 3 heterocycles. The van der Waals surface area contributed by atoms with Gasteiger partial charge in [0.1, 0.15) is 0 Å². The van der Waals surface area contributed by atoms with Gasteiger partial charge in [-0.2, -0.15) is 5.10 Å². The summed E-state index contributed by atoms with van der Waals surface area (Å²) >= 11 is 0. The maximum absolute atomic E-state index is 13.0. The number of hydrogen-bond donors (Lipinski definition) is 2. The highest BCUT2D eigenvalue weighted by atomic mass is 16.5. The van der Waals surface area contributed by atoms with Gasteiger partial charge in [0, 0.05) is 25.4 Å². The molecule has 1 fully saturated rings. The highest BCUT2D eigenvalue weighted by Crippen LogP contribution is 2.36. The Morgan fingerprint density at radius 1 is 1.33 bits per heavy atom. The fourth-order valence-electron chi connectivity index (χ4n) is 3.35. The number of benzene rings is 1. The molecule has 1 amide bonds. The second kappa shape index (κ2) is 6.07. The first-order valence-corrected chi connectivity index (χ1v) is 8.20. The Morgan fingerprint density at radius 3 is 3.04 bits per heavy atom. The number of amides is 1. The van der Waals surface area contributed by atoms with E-state index in [2.05, 4.69) is 10.2 Å². The van der Waals surface area contributed by atoms with E-state index >= 15 is 0 Å². The number of nitrogens with two attached hydrogens (primary N) is 1. The SMILES string of the molecule is Nc1cn[nH]c1C1CCN(C(=O)c2cccc3c2OCCCO3)C1. The number of carbonyl (C=O) groups excluding carboxylic acids is 1. The molecule has 126 valence electrons. The third-order valence-electron chi connectivity index (χ3n) is 4.59. The van der Waals surface area contributed by atoms with Gasteiger partial charge in [-0.3, -0.25) is 9.89 Å². The monoisotopic (exact) mass is 328 g/mol. The number of ether oxygens (including phenoxy) is 2. The van der Waals surface area contributed by atoms with Gasteiger partial charge in [0.2, 0.25) is 0 Å². The molecule has 0 spiro atoms. The molecule has 0 bridgehead atoms. The number of hydrogen-bond acceptors (Lipinski definition) is 5. The first-order valence-electron chi connectivity index (χ1n) is 8.20. The van der Waals surface area contributed by atoms with Crippen molar-refractivity contribution in [2.75, 3.05) is 32.0 Å². The van der Waals surface area contributed by atoms with Gasteiger partial charge in [0.05, 0.1) is 36.4 Å². The third-order valence-corrected chi connectivity index (χ3v) is 4.59. The second-order valence-electron chi connectivity index (χ2n) is 6.16. The van der Waals surface area contributed by atoms with Gasteiger partial charge in [0.25, 0.3) is 5.91 Å². The van der Waals surface area contributed by atoms with Crippen molar-refractivity contribution in [1.29, 1.82) is 0 Å². The quantitative estimate of drug-likeness (QED) is 0.876. The van der Waals surface area contributed by atoms with Crippen molar-refractivity contribution >= 4 is 11.6 Å². The van der Waals surface area contributed by atoms with Crippen LogP contribution < -0.4 is 15.2 Å². The van der Waals surface area contributed by atoms with Crippen molar-refractivity contribution in [3.63, 3.8) is 0 Å². The molecule has 2 aromatic rings. The van der Waals surface area contributed by atoms with Gasteiger partial charge >= 0.3 is 0 Å². The van der Waals surface area contributed by atoms with Gasteiger partial charge < -0.3 is 20.1 Å². The number of nitrogens with one attached hydrogen (secondary N) is 1. The van der Waals surface area contributed by atoms with Crippen LogP contribution in [-0.2, 0) is 0 Å². The Hall–Kier alpha value is -2.70. The summed E-state index contributed by atoms with van der Waals surface area (Å²) in [5, 5.41) is 6.92. The largest absolute Gasteiger partial charge is 0.490 e. The minimum atomic E-state index is -0.0297. The standard InChI is InChI=1S/C17H20N4O3/c18-13-9-19-20-15(13)11-5-6-21(10-11)17(22)12-3-1-4-14-16(12)24-8-2-7-23-14/h1,3-4,9,11H,2,5-8,10,18H2,(H,19,20). The number of aromatic amines is 1. The second-order valence-corrected chi connectivity index (χ2v) is 6.16. The summed E-state index contributed by atoms with van der Waals surface area (Å²) in [5.41, 5.74) is 8.06. The number of nitrogens with zero attached hydrogens (tertiary/aromatic N) is 2. The Morgan fingerprint density at radius 2 is 2.21 bits per heavy atom. The number of fused-ring (bicyclic) bond motifs is 1. The van der Waals surface area contributed by atoms with Crippen LogP contribution >= 0.6 is 0 Å². The molecule has 1 aromatic carbocycles. The van der Waals surface area contributed by atoms with Crippen molar-refractivity contribution in [1.82, 2.24) is 15.1 Å². The van der Waals surface area contributed by atoms with E-state index in [1.165, 1.54) is 0 Å². The van der Waals surface area contributed by atoms with Crippen LogP contribution in [0, 0.1) is 0 Å². The van der Waals surface area contributed by atoms with Crippen LogP contribution in [0.1, 0.15) is 34.8 Å². The summed E-state index contributed by atoms with van der Waals surface area (Å²) < 4.78 is 11.4. The van der Waals surface area contributed by atoms with E-state index in [0.717, 1.165) is 18.5 Å². The predicted octanol–water partition coefficient (Wildman–Crippen LogP) is 1.78. The van der Waals surface area contributed by atoms with Gasteiger partial charge in [0.15, 0.2) is 11.5 Å². The topological polar surface area (TPSA) is 93.5 Å². The molecule has 7 heteroatoms. The summed E-state index contributed by atoms with van der Waals surface area (Å²) in [4.78, 5) is 14.8. The van der Waals surface area contributed by atoms with Crippen LogP contribution in [0.2, 0.25) is 0 Å². The normalized spacial score (nSPS) is 20.0. The Kier molecular flexibility index (Phi) is 3.76. The predicted molar refractivity (Wildman–Crippen MR) is 88.3 cm³/mol. The first-order chi connectivity index (χ1) is 11.7. The fraction of sp³-hybridized carbons (Fsp3) is 0.412. The van der Waals surface area contributed by atoms with Crippen LogP contribution in [0.3, 0.4) is 0 Å². The minimum Gasteiger partial charge on any atom is -0.490 e. The number of likely N-dealkylation sites (tertiary alicyclic amines) is 1. The summed E-state index contributed by atoms with van der Waals surface area (Å²) in [5.74, 6) is 1.37. The average Bonchev–Trinajstić information content (AvgIpc) is 3.16. The Bertz CT molecular complexity index is 758. The van der Waals surface area contributed by atoms with Crippen molar-refractivity contribution in [3.8, 4) is 11.5 Å². The van der Waals surface area contributed by atoms with Crippen LogP contribution in [0.5, 0.6) is 11.5 Å². The van der Waals surface area contributed by atoms with E-state index in [0.29, 0.717) is 49.1 Å². The van der Waals surface area contributed by atoms with E-state index in [-0.39, 0.29) is 11.8 Å². The third kappa shape index (κ3) is 2.55. The maximum Gasteiger partial charge on any atom is 0.257 e. The molecule has 0 saturated carbocycles. The average molecular weight is 328 g/mol. The molecule has 1 saturated heterocycles. The smallest absolute Gasteiger partial charge is 0.257 e. The molecule has 1 unspecified atom stereocenters. The van der Waals surface area contributed by atoms with Crippen LogP contribution in [0.15, 0.2) is 24.4 Å². The zero-order valence-electron chi connectivity index (χ0n) is 13.3. The number of H-pyrrole nitrogens is 1. The number of nitrogen functional groups attached to an aromatic ring is 1. The van der Waals surface area contributed by atoms with E-state index in [1.54, 1.807) is 12.3 Å². The highest BCUT2D eigenvalue weighted by Gasteiger charge is 2.32. The summed E-state index contributed by atoms with van der Waals surface area (Å²) in [7, 11) is 0. The summed E-state index contributed by atoms with van der Waals surface area (Å²) in [6.45, 7) is 2.47. The lowest BCUT2D eigenvalue weighted by atomic mass is 10.0. The van der Waals surface area contributed by atoms with Gasteiger partial charge in [-0.05, 0) is 18.6 Å². The van der Waals surface area contributed by atoms with E-state index in [4.69, 9.17) is 15.2 Å². The number of para-hydroxylation sites is 1. The number of rotatable bonds is 2. The van der Waals surface area contributed by atoms with Gasteiger partial charge in [-0.1, -0.05) is 6.07 Å². The summed E-state index contributed by atoms with van der Waals surface area (Å²) in [6, 6.07) is 5.48. The van der Waals surface area contributed by atoms with Gasteiger partial charge in [-0.15, -0.1) is 0 Å². The molecule has 3 N–H and O–H groups in total. The van der Waals surface area contributed by atoms with E-state index < -0.39 is 0 Å². The molecule has 4 rings (SSSR count). The van der Waals surface area contributed by atoms with Gasteiger partial charge in [-0.25, -0.2) is 0 Å². The molecule has 0 radical (unpaired) electrons. The molecule has 24 heavy (non-hydrogen) atoms. The lowest BCUT2D eigenvalue weighted by Crippen LogP contribution is -2.29. The van der Waals surface area contributed by atoms with Crippen molar-refractivity contribution in [2.24, 2.45) is 0 Å². The molecule has 2 aliphatic heterocycles. The Balaban J connectivity index is 1.56. The molecule has 2 aliphatic rings. The zero-order valence-corrected chi connectivity index (χ0v) is 13.3. The van der Waals surface area contributed by atoms with Crippen LogP contribution in [0.25, 0.3) is 0 Å². The number of carbonyl (C=O) groups is 1. The highest BCUT2D eigenvalue weighted by molar-refractivity contribution is 5.98. The van der Waals surface area contributed by atoms with E-state index in [1.807, 2.05) is 17.0 Å². The van der Waals surface area contributed by atoms with E-state index in [9.17, 15) is 4.79 Å². The molecule has 1 atom stereocenters. The molecule has 1 aromatic heterocycles. The minimum absolute atomic E-state index is 0.0297. The summed E-state index contributed by atoms with van der Waals surface area (Å²) in [6.07, 6.45) is 3.29. The van der Waals surface area contributed by atoms with Crippen molar-refractivity contribution in [3.05, 3.63) is 35.7 Å². The Labute approximate surface area is 139 Å². The molecular formula is C17H20N4O3. The molecule has 7 nitrogen and oxygen atoms in total. The number of aromatic nitrogens is 2. The van der Waals surface area contributed by atoms with Crippen molar-refractivity contribution in [2.45, 2.75) is 18.8 Å². The molecular weight excluding hydrogens is 308 g/mol. The maximum atomic E-state index is 13.0. The lowest BCUT2D eigenvalue weighted by Gasteiger charge is -2.19. The number of anilines is 1. The molecule has 0 aliphatic carbocycles. The van der Waals surface area contributed by atoms with Crippen LogP contribution in [-0.4, -0.2) is 47.3 Å². The first kappa shape index (κ1) is 14.9. The van der Waals surface area contributed by atoms with Crippen LogP contribution in [0.4, 0.5) is 5.69 Å². The van der Waals surface area contributed by atoms with Crippen molar-refractivity contribution < 1.29 is 14.3 Å². The zero-order chi connectivity index (χ0) is 16.5. The lowest BCUT2D eigenvalue weighted by molar-refractivity contribution is 0.0786.